The molecule has 0 aliphatic carbocycles. The highest BCUT2D eigenvalue weighted by molar-refractivity contribution is 6.31. The van der Waals surface area contributed by atoms with Crippen molar-refractivity contribution in [3.8, 4) is 0 Å². The second-order valence-corrected chi connectivity index (χ2v) is 5.70. The summed E-state index contributed by atoms with van der Waals surface area (Å²) < 4.78 is 13.0. The molecule has 4 nitrogen and oxygen atoms in total. The van der Waals surface area contributed by atoms with Gasteiger partial charge in [-0.05, 0) is 30.0 Å². The van der Waals surface area contributed by atoms with E-state index in [1.165, 1.54) is 18.2 Å². The van der Waals surface area contributed by atoms with Gasteiger partial charge in [0.05, 0.1) is 6.54 Å². The third-order valence-corrected chi connectivity index (χ3v) is 3.51. The Balaban J connectivity index is 2.13. The van der Waals surface area contributed by atoms with Crippen molar-refractivity contribution in [2.75, 3.05) is 0 Å². The zero-order chi connectivity index (χ0) is 14.9. The first-order valence-corrected chi connectivity index (χ1v) is 6.82. The number of hydrogen-bond donors (Lipinski definition) is 1. The summed E-state index contributed by atoms with van der Waals surface area (Å²) in [6.07, 6.45) is 0.595. The van der Waals surface area contributed by atoms with Crippen LogP contribution in [0, 0.1) is 11.7 Å². The summed E-state index contributed by atoms with van der Waals surface area (Å²) in [6.45, 7) is 4.02. The SMILES string of the molecule is CC(C)C[C@@H]1NC(=O)N(Cc2ccc(F)cc2Cl)C1=O. The Labute approximate surface area is 121 Å². The van der Waals surface area contributed by atoms with Gasteiger partial charge in [0.1, 0.15) is 11.9 Å². The molecule has 6 heteroatoms. The van der Waals surface area contributed by atoms with Gasteiger partial charge in [0, 0.05) is 5.02 Å². The molecule has 1 aliphatic rings. The van der Waals surface area contributed by atoms with E-state index in [1.54, 1.807) is 0 Å². The van der Waals surface area contributed by atoms with E-state index < -0.39 is 17.9 Å². The number of nitrogens with zero attached hydrogens (tertiary/aromatic N) is 1. The van der Waals surface area contributed by atoms with Crippen molar-refractivity contribution >= 4 is 23.5 Å². The number of urea groups is 1. The monoisotopic (exact) mass is 298 g/mol. The highest BCUT2D eigenvalue weighted by Crippen LogP contribution is 2.22. The highest BCUT2D eigenvalue weighted by atomic mass is 35.5. The van der Waals surface area contributed by atoms with Gasteiger partial charge in [0.2, 0.25) is 0 Å². The van der Waals surface area contributed by atoms with Crippen molar-refractivity contribution in [1.29, 1.82) is 0 Å². The molecule has 0 bridgehead atoms. The minimum Gasteiger partial charge on any atom is -0.326 e. The van der Waals surface area contributed by atoms with Crippen LogP contribution in [0.5, 0.6) is 0 Å². The van der Waals surface area contributed by atoms with Crippen molar-refractivity contribution in [1.82, 2.24) is 10.2 Å². The minimum absolute atomic E-state index is 0.0539. The standard InChI is InChI=1S/C14H16ClFN2O2/c1-8(2)5-12-13(19)18(14(20)17-12)7-9-3-4-10(16)6-11(9)15/h3-4,6,8,12H,5,7H2,1-2H3,(H,17,20)/t12-/m0/s1. The molecule has 2 rings (SSSR count). The van der Waals surface area contributed by atoms with Crippen LogP contribution in [0.1, 0.15) is 25.8 Å². The van der Waals surface area contributed by atoms with Crippen LogP contribution in [-0.4, -0.2) is 22.9 Å². The Morgan fingerprint density at radius 2 is 2.10 bits per heavy atom. The van der Waals surface area contributed by atoms with Gasteiger partial charge in [0.15, 0.2) is 0 Å². The fraction of sp³-hybridized carbons (Fsp3) is 0.429. The maximum absolute atomic E-state index is 13.0. The molecule has 0 aromatic heterocycles. The molecular weight excluding hydrogens is 283 g/mol. The molecule has 0 unspecified atom stereocenters. The third kappa shape index (κ3) is 3.10. The van der Waals surface area contributed by atoms with E-state index in [2.05, 4.69) is 5.32 Å². The van der Waals surface area contributed by atoms with E-state index in [0.29, 0.717) is 17.9 Å². The average molecular weight is 299 g/mol. The zero-order valence-corrected chi connectivity index (χ0v) is 12.1. The Morgan fingerprint density at radius 3 is 2.70 bits per heavy atom. The second-order valence-electron chi connectivity index (χ2n) is 5.29. The van der Waals surface area contributed by atoms with Crippen molar-refractivity contribution in [3.05, 3.63) is 34.6 Å². The fourth-order valence-electron chi connectivity index (χ4n) is 2.18. The summed E-state index contributed by atoms with van der Waals surface area (Å²) in [5, 5.41) is 2.86. The van der Waals surface area contributed by atoms with Crippen LogP contribution in [-0.2, 0) is 11.3 Å². The van der Waals surface area contributed by atoms with Crippen molar-refractivity contribution in [3.63, 3.8) is 0 Å². The third-order valence-electron chi connectivity index (χ3n) is 3.16. The lowest BCUT2D eigenvalue weighted by Crippen LogP contribution is -2.31. The maximum atomic E-state index is 13.0. The molecule has 20 heavy (non-hydrogen) atoms. The van der Waals surface area contributed by atoms with E-state index in [1.807, 2.05) is 13.8 Å². The van der Waals surface area contributed by atoms with E-state index in [4.69, 9.17) is 11.6 Å². The van der Waals surface area contributed by atoms with Crippen molar-refractivity contribution < 1.29 is 14.0 Å². The second kappa shape index (κ2) is 5.79. The Kier molecular flexibility index (Phi) is 4.28. The average Bonchev–Trinajstić information content (AvgIpc) is 2.59. The van der Waals surface area contributed by atoms with E-state index in [-0.39, 0.29) is 17.5 Å². The number of carbonyl (C=O) groups excluding carboxylic acids is 2. The lowest BCUT2D eigenvalue weighted by Gasteiger charge is -2.14. The lowest BCUT2D eigenvalue weighted by atomic mass is 10.0. The van der Waals surface area contributed by atoms with Gasteiger partial charge >= 0.3 is 6.03 Å². The number of amides is 3. The number of carbonyl (C=O) groups is 2. The maximum Gasteiger partial charge on any atom is 0.325 e. The number of halogens is 2. The summed E-state index contributed by atoms with van der Waals surface area (Å²) in [6, 6.07) is 2.99. The predicted octanol–water partition coefficient (Wildman–Crippen LogP) is 2.95. The van der Waals surface area contributed by atoms with Gasteiger partial charge in [-0.25, -0.2) is 9.18 Å². The molecule has 3 amide bonds. The van der Waals surface area contributed by atoms with Crippen LogP contribution in [0.4, 0.5) is 9.18 Å². The number of benzene rings is 1. The normalized spacial score (nSPS) is 18.9. The summed E-state index contributed by atoms with van der Waals surface area (Å²) >= 11 is 5.91. The predicted molar refractivity (Wildman–Crippen MR) is 73.7 cm³/mol. The Morgan fingerprint density at radius 1 is 1.40 bits per heavy atom. The Bertz CT molecular complexity index is 548. The topological polar surface area (TPSA) is 49.4 Å². The number of nitrogens with one attached hydrogen (secondary N) is 1. The van der Waals surface area contributed by atoms with Crippen LogP contribution in [0.3, 0.4) is 0 Å². The van der Waals surface area contributed by atoms with Crippen LogP contribution >= 0.6 is 11.6 Å². The van der Waals surface area contributed by atoms with Crippen LogP contribution in [0.15, 0.2) is 18.2 Å². The summed E-state index contributed by atoms with van der Waals surface area (Å²) in [5.74, 6) is -0.406. The van der Waals surface area contributed by atoms with E-state index in [0.717, 1.165) is 4.90 Å². The first-order valence-electron chi connectivity index (χ1n) is 6.44. The van der Waals surface area contributed by atoms with Gasteiger partial charge in [-0.3, -0.25) is 9.69 Å². The fourth-order valence-corrected chi connectivity index (χ4v) is 2.41. The molecule has 1 N–H and O–H groups in total. The molecule has 1 atom stereocenters. The molecule has 1 fully saturated rings. The Hall–Kier alpha value is -1.62. The van der Waals surface area contributed by atoms with Crippen molar-refractivity contribution in [2.45, 2.75) is 32.9 Å². The van der Waals surface area contributed by atoms with Crippen molar-refractivity contribution in [2.24, 2.45) is 5.92 Å². The van der Waals surface area contributed by atoms with E-state index >= 15 is 0 Å². The molecule has 1 saturated heterocycles. The first kappa shape index (κ1) is 14.8. The summed E-state index contributed by atoms with van der Waals surface area (Å²) in [4.78, 5) is 25.1. The van der Waals surface area contributed by atoms with Gasteiger partial charge < -0.3 is 5.32 Å². The zero-order valence-electron chi connectivity index (χ0n) is 11.3. The van der Waals surface area contributed by atoms with Gasteiger partial charge in [0.25, 0.3) is 5.91 Å². The van der Waals surface area contributed by atoms with Gasteiger partial charge in [-0.1, -0.05) is 31.5 Å². The number of hydrogen-bond acceptors (Lipinski definition) is 2. The van der Waals surface area contributed by atoms with Gasteiger partial charge in [-0.2, -0.15) is 0 Å². The first-order chi connectivity index (χ1) is 9.38. The van der Waals surface area contributed by atoms with Crippen LogP contribution in [0.2, 0.25) is 5.02 Å². The largest absolute Gasteiger partial charge is 0.326 e. The molecule has 0 saturated carbocycles. The minimum atomic E-state index is -0.485. The molecule has 1 aliphatic heterocycles. The quantitative estimate of drug-likeness (QED) is 0.869. The highest BCUT2D eigenvalue weighted by Gasteiger charge is 2.38. The molecule has 1 aromatic rings. The summed E-state index contributed by atoms with van der Waals surface area (Å²) in [7, 11) is 0. The van der Waals surface area contributed by atoms with E-state index in [9.17, 15) is 14.0 Å². The molecule has 1 heterocycles. The molecular formula is C14H16ClFN2O2. The molecule has 0 spiro atoms. The molecule has 1 aromatic carbocycles. The van der Waals surface area contributed by atoms with Crippen LogP contribution in [0.25, 0.3) is 0 Å². The number of imide groups is 1. The summed E-state index contributed by atoms with van der Waals surface area (Å²) in [5.41, 5.74) is 0.543. The molecule has 108 valence electrons. The molecule has 0 radical (unpaired) electrons. The smallest absolute Gasteiger partial charge is 0.325 e. The lowest BCUT2D eigenvalue weighted by molar-refractivity contribution is -0.128. The van der Waals surface area contributed by atoms with Gasteiger partial charge in [-0.15, -0.1) is 0 Å². The van der Waals surface area contributed by atoms with Crippen LogP contribution < -0.4 is 5.32 Å². The number of rotatable bonds is 4.